The first-order valence-electron chi connectivity index (χ1n) is 9.01. The molecule has 0 spiro atoms. The van der Waals surface area contributed by atoms with Crippen molar-refractivity contribution in [1.82, 2.24) is 0 Å². The number of ether oxygens (including phenoxy) is 3. The predicted octanol–water partition coefficient (Wildman–Crippen LogP) is 4.89. The Balaban J connectivity index is 1.82. The highest BCUT2D eigenvalue weighted by atomic mass is 16.5. The minimum atomic E-state index is 0.245. The van der Waals surface area contributed by atoms with Crippen molar-refractivity contribution in [2.75, 3.05) is 25.1 Å². The van der Waals surface area contributed by atoms with Crippen LogP contribution in [0.2, 0.25) is 0 Å². The molecule has 0 saturated heterocycles. The van der Waals surface area contributed by atoms with E-state index in [0.29, 0.717) is 19.8 Å². The third kappa shape index (κ3) is 7.06. The fraction of sp³-hybridized carbons (Fsp3) is 0.429. The molecule has 0 saturated carbocycles. The summed E-state index contributed by atoms with van der Waals surface area (Å²) in [6, 6.07) is 16.2. The van der Waals surface area contributed by atoms with E-state index in [0.717, 1.165) is 30.2 Å². The zero-order valence-electron chi connectivity index (χ0n) is 15.5. The first-order chi connectivity index (χ1) is 12.2. The number of hydrogen-bond donors (Lipinski definition) is 1. The molecular weight excluding hydrogens is 314 g/mol. The van der Waals surface area contributed by atoms with Crippen LogP contribution in [0.4, 0.5) is 5.69 Å². The molecule has 1 atom stereocenters. The van der Waals surface area contributed by atoms with Gasteiger partial charge in [0, 0.05) is 24.9 Å². The third-order valence-corrected chi connectivity index (χ3v) is 3.87. The zero-order valence-corrected chi connectivity index (χ0v) is 15.5. The van der Waals surface area contributed by atoms with Gasteiger partial charge in [-0.15, -0.1) is 0 Å². The minimum absolute atomic E-state index is 0.245. The SMILES string of the molecule is CCOCCOc1cccc(NCc2ccc(OC(C)CC)cc2)c1. The zero-order chi connectivity index (χ0) is 17.9. The molecule has 2 rings (SSSR count). The third-order valence-electron chi connectivity index (χ3n) is 3.87. The summed E-state index contributed by atoms with van der Waals surface area (Å²) in [4.78, 5) is 0. The lowest BCUT2D eigenvalue weighted by atomic mass is 10.2. The number of nitrogens with one attached hydrogen (secondary N) is 1. The Morgan fingerprint density at radius 3 is 2.48 bits per heavy atom. The second kappa shape index (κ2) is 10.6. The molecule has 0 radical (unpaired) electrons. The van der Waals surface area contributed by atoms with Gasteiger partial charge < -0.3 is 19.5 Å². The summed E-state index contributed by atoms with van der Waals surface area (Å²) in [5.74, 6) is 1.77. The van der Waals surface area contributed by atoms with E-state index in [1.807, 2.05) is 43.3 Å². The van der Waals surface area contributed by atoms with Crippen LogP contribution in [0.1, 0.15) is 32.8 Å². The van der Waals surface area contributed by atoms with E-state index < -0.39 is 0 Å². The molecule has 1 N–H and O–H groups in total. The van der Waals surface area contributed by atoms with Crippen LogP contribution in [0, 0.1) is 0 Å². The average Bonchev–Trinajstić information content (AvgIpc) is 2.65. The van der Waals surface area contributed by atoms with Gasteiger partial charge in [-0.3, -0.25) is 0 Å². The van der Waals surface area contributed by atoms with Crippen LogP contribution in [-0.2, 0) is 11.3 Å². The highest BCUT2D eigenvalue weighted by molar-refractivity contribution is 5.48. The molecule has 4 heteroatoms. The average molecular weight is 343 g/mol. The van der Waals surface area contributed by atoms with Crippen molar-refractivity contribution >= 4 is 5.69 Å². The van der Waals surface area contributed by atoms with Gasteiger partial charge in [0.25, 0.3) is 0 Å². The number of anilines is 1. The first kappa shape index (κ1) is 19.1. The second-order valence-electron chi connectivity index (χ2n) is 5.91. The lowest BCUT2D eigenvalue weighted by Gasteiger charge is -2.13. The van der Waals surface area contributed by atoms with Crippen LogP contribution < -0.4 is 14.8 Å². The highest BCUT2D eigenvalue weighted by Crippen LogP contribution is 2.19. The van der Waals surface area contributed by atoms with Crippen LogP contribution in [-0.4, -0.2) is 25.9 Å². The Kier molecular flexibility index (Phi) is 8.13. The lowest BCUT2D eigenvalue weighted by Crippen LogP contribution is -2.09. The van der Waals surface area contributed by atoms with Crippen molar-refractivity contribution in [2.24, 2.45) is 0 Å². The maximum absolute atomic E-state index is 5.80. The minimum Gasteiger partial charge on any atom is -0.491 e. The molecule has 2 aromatic carbocycles. The van der Waals surface area contributed by atoms with Gasteiger partial charge >= 0.3 is 0 Å². The quantitative estimate of drug-likeness (QED) is 0.590. The van der Waals surface area contributed by atoms with Gasteiger partial charge in [0.15, 0.2) is 0 Å². The molecular formula is C21H29NO3. The second-order valence-corrected chi connectivity index (χ2v) is 5.91. The molecule has 4 nitrogen and oxygen atoms in total. The summed E-state index contributed by atoms with van der Waals surface area (Å²) in [5, 5.41) is 3.42. The van der Waals surface area contributed by atoms with Crippen LogP contribution in [0.5, 0.6) is 11.5 Å². The van der Waals surface area contributed by atoms with Gasteiger partial charge in [-0.05, 0) is 50.1 Å². The molecule has 0 aliphatic rings. The Morgan fingerprint density at radius 2 is 1.76 bits per heavy atom. The van der Waals surface area contributed by atoms with Crippen LogP contribution >= 0.6 is 0 Å². The standard InChI is InChI=1S/C21H29NO3/c1-4-17(3)25-20-11-9-18(10-12-20)16-22-19-7-6-8-21(15-19)24-14-13-23-5-2/h6-12,15,17,22H,4-5,13-14,16H2,1-3H3. The number of rotatable bonds is 11. The summed E-state index contributed by atoms with van der Waals surface area (Å²) in [5.41, 5.74) is 2.24. The van der Waals surface area contributed by atoms with Crippen molar-refractivity contribution in [1.29, 1.82) is 0 Å². The molecule has 25 heavy (non-hydrogen) atoms. The van der Waals surface area contributed by atoms with Gasteiger partial charge in [-0.2, -0.15) is 0 Å². The molecule has 0 bridgehead atoms. The predicted molar refractivity (Wildman–Crippen MR) is 103 cm³/mol. The number of benzene rings is 2. The molecule has 1 unspecified atom stereocenters. The van der Waals surface area contributed by atoms with Gasteiger partial charge in [-0.1, -0.05) is 25.1 Å². The molecule has 0 fully saturated rings. The van der Waals surface area contributed by atoms with E-state index in [9.17, 15) is 0 Å². The normalized spacial score (nSPS) is 11.8. The summed E-state index contributed by atoms with van der Waals surface area (Å²) < 4.78 is 16.8. The van der Waals surface area contributed by atoms with Crippen LogP contribution in [0.15, 0.2) is 48.5 Å². The first-order valence-corrected chi connectivity index (χ1v) is 9.01. The van der Waals surface area contributed by atoms with Crippen molar-refractivity contribution in [2.45, 2.75) is 39.8 Å². The largest absolute Gasteiger partial charge is 0.491 e. The Morgan fingerprint density at radius 1 is 0.960 bits per heavy atom. The Hall–Kier alpha value is -2.20. The highest BCUT2D eigenvalue weighted by Gasteiger charge is 2.02. The maximum atomic E-state index is 5.80. The summed E-state index contributed by atoms with van der Waals surface area (Å²) in [6.07, 6.45) is 1.25. The summed E-state index contributed by atoms with van der Waals surface area (Å²) >= 11 is 0. The molecule has 0 amide bonds. The summed E-state index contributed by atoms with van der Waals surface area (Å²) in [7, 11) is 0. The Labute approximate surface area is 151 Å². The van der Waals surface area contributed by atoms with Gasteiger partial charge in [0.05, 0.1) is 12.7 Å². The van der Waals surface area contributed by atoms with Crippen LogP contribution in [0.3, 0.4) is 0 Å². The molecule has 0 aliphatic carbocycles. The van der Waals surface area contributed by atoms with Crippen LogP contribution in [0.25, 0.3) is 0 Å². The summed E-state index contributed by atoms with van der Waals surface area (Å²) in [6.45, 7) is 8.83. The number of hydrogen-bond acceptors (Lipinski definition) is 4. The molecule has 0 aromatic heterocycles. The monoisotopic (exact) mass is 343 g/mol. The van der Waals surface area contributed by atoms with Gasteiger partial charge in [0.2, 0.25) is 0 Å². The topological polar surface area (TPSA) is 39.7 Å². The molecule has 0 aliphatic heterocycles. The van der Waals surface area contributed by atoms with E-state index in [1.165, 1.54) is 5.56 Å². The molecule has 0 heterocycles. The van der Waals surface area contributed by atoms with E-state index >= 15 is 0 Å². The molecule has 2 aromatic rings. The molecule has 136 valence electrons. The van der Waals surface area contributed by atoms with Crippen molar-refractivity contribution in [3.63, 3.8) is 0 Å². The lowest BCUT2D eigenvalue weighted by molar-refractivity contribution is 0.110. The van der Waals surface area contributed by atoms with E-state index in [-0.39, 0.29) is 6.10 Å². The van der Waals surface area contributed by atoms with Gasteiger partial charge in [0.1, 0.15) is 18.1 Å². The van der Waals surface area contributed by atoms with Crippen molar-refractivity contribution in [3.05, 3.63) is 54.1 Å². The van der Waals surface area contributed by atoms with E-state index in [1.54, 1.807) is 0 Å². The van der Waals surface area contributed by atoms with Gasteiger partial charge in [-0.25, -0.2) is 0 Å². The Bertz CT molecular complexity index is 613. The maximum Gasteiger partial charge on any atom is 0.121 e. The fourth-order valence-electron chi connectivity index (χ4n) is 2.26. The van der Waals surface area contributed by atoms with Crippen molar-refractivity contribution < 1.29 is 14.2 Å². The fourth-order valence-corrected chi connectivity index (χ4v) is 2.26. The smallest absolute Gasteiger partial charge is 0.121 e. The van der Waals surface area contributed by atoms with Crippen molar-refractivity contribution in [3.8, 4) is 11.5 Å². The van der Waals surface area contributed by atoms with E-state index in [4.69, 9.17) is 14.2 Å². The van der Waals surface area contributed by atoms with E-state index in [2.05, 4.69) is 31.3 Å².